The zero-order valence-electron chi connectivity index (χ0n) is 10.3. The molecule has 2 aromatic heterocycles. The van der Waals surface area contributed by atoms with Gasteiger partial charge in [0.25, 0.3) is 0 Å². The third-order valence-corrected chi connectivity index (χ3v) is 3.04. The van der Waals surface area contributed by atoms with Gasteiger partial charge in [0, 0.05) is 17.1 Å². The van der Waals surface area contributed by atoms with Crippen LogP contribution in [-0.4, -0.2) is 14.8 Å². The summed E-state index contributed by atoms with van der Waals surface area (Å²) in [6.45, 7) is 2.02. The zero-order chi connectivity index (χ0) is 13.4. The highest BCUT2D eigenvalue weighted by atomic mass is 19.2. The van der Waals surface area contributed by atoms with Crippen LogP contribution in [0.5, 0.6) is 0 Å². The summed E-state index contributed by atoms with van der Waals surface area (Å²) in [6.07, 6.45) is 1.65. The number of aryl methyl sites for hydroxylation is 1. The Morgan fingerprint density at radius 1 is 1.16 bits per heavy atom. The highest BCUT2D eigenvalue weighted by molar-refractivity contribution is 5.77. The molecule has 5 heteroatoms. The number of hydrogen-bond acceptors (Lipinski definition) is 2. The van der Waals surface area contributed by atoms with Crippen molar-refractivity contribution >= 4 is 11.0 Å². The van der Waals surface area contributed by atoms with Gasteiger partial charge < -0.3 is 0 Å². The molecule has 3 aromatic rings. The molecule has 3 rings (SSSR count). The average molecular weight is 259 g/mol. The molecule has 0 unspecified atom stereocenters. The van der Waals surface area contributed by atoms with E-state index in [4.69, 9.17) is 0 Å². The Labute approximate surface area is 108 Å². The summed E-state index contributed by atoms with van der Waals surface area (Å²) < 4.78 is 28.4. The summed E-state index contributed by atoms with van der Waals surface area (Å²) in [4.78, 5) is 4.23. The maximum absolute atomic E-state index is 13.7. The fraction of sp³-hybridized carbons (Fsp3) is 0.143. The molecule has 96 valence electrons. The van der Waals surface area contributed by atoms with Gasteiger partial charge in [-0.2, -0.15) is 5.10 Å². The smallest absolute Gasteiger partial charge is 0.163 e. The lowest BCUT2D eigenvalue weighted by molar-refractivity contribution is 0.492. The number of fused-ring (bicyclic) bond motifs is 1. The highest BCUT2D eigenvalue weighted by Crippen LogP contribution is 2.18. The maximum atomic E-state index is 13.7. The van der Waals surface area contributed by atoms with Gasteiger partial charge in [0.05, 0.1) is 12.2 Å². The summed E-state index contributed by atoms with van der Waals surface area (Å²) in [5, 5.41) is 5.24. The van der Waals surface area contributed by atoms with Gasteiger partial charge in [0.2, 0.25) is 0 Å². The first kappa shape index (κ1) is 11.8. The predicted molar refractivity (Wildman–Crippen MR) is 67.7 cm³/mol. The molecule has 1 aromatic carbocycles. The second-order valence-corrected chi connectivity index (χ2v) is 4.33. The number of rotatable bonds is 2. The van der Waals surface area contributed by atoms with Gasteiger partial charge in [-0.3, -0.25) is 0 Å². The Hall–Kier alpha value is -2.30. The molecule has 0 aliphatic rings. The lowest BCUT2D eigenvalue weighted by atomic mass is 10.2. The summed E-state index contributed by atoms with van der Waals surface area (Å²) >= 11 is 0. The summed E-state index contributed by atoms with van der Waals surface area (Å²) in [7, 11) is 0. The third-order valence-electron chi connectivity index (χ3n) is 3.04. The van der Waals surface area contributed by atoms with Crippen LogP contribution in [0.15, 0.2) is 36.5 Å². The zero-order valence-corrected chi connectivity index (χ0v) is 10.3. The van der Waals surface area contributed by atoms with Crippen molar-refractivity contribution in [3.05, 3.63) is 59.4 Å². The topological polar surface area (TPSA) is 30.7 Å². The Morgan fingerprint density at radius 2 is 2.00 bits per heavy atom. The second-order valence-electron chi connectivity index (χ2n) is 4.33. The van der Waals surface area contributed by atoms with Crippen molar-refractivity contribution in [2.45, 2.75) is 13.5 Å². The number of aromatic nitrogens is 3. The quantitative estimate of drug-likeness (QED) is 0.708. The first-order chi connectivity index (χ1) is 9.16. The number of benzene rings is 1. The molecule has 0 amide bonds. The van der Waals surface area contributed by atoms with Crippen molar-refractivity contribution in [3.63, 3.8) is 0 Å². The van der Waals surface area contributed by atoms with Crippen LogP contribution in [0.3, 0.4) is 0 Å². The molecule has 3 nitrogen and oxygen atoms in total. The normalized spacial score (nSPS) is 11.1. The molecule has 2 heterocycles. The van der Waals surface area contributed by atoms with E-state index in [9.17, 15) is 8.78 Å². The fourth-order valence-corrected chi connectivity index (χ4v) is 2.11. The molecule has 0 saturated carbocycles. The van der Waals surface area contributed by atoms with E-state index in [1.165, 1.54) is 6.07 Å². The lowest BCUT2D eigenvalue weighted by Gasteiger charge is -2.05. The number of halogens is 2. The van der Waals surface area contributed by atoms with Crippen LogP contribution in [0.1, 0.15) is 11.3 Å². The minimum Gasteiger partial charge on any atom is -0.242 e. The molecular formula is C14H11F2N3. The van der Waals surface area contributed by atoms with Crippen LogP contribution < -0.4 is 0 Å². The van der Waals surface area contributed by atoms with E-state index < -0.39 is 11.6 Å². The van der Waals surface area contributed by atoms with E-state index in [2.05, 4.69) is 10.1 Å². The van der Waals surface area contributed by atoms with E-state index >= 15 is 0 Å². The van der Waals surface area contributed by atoms with E-state index in [0.29, 0.717) is 5.65 Å². The minimum atomic E-state index is -0.848. The second kappa shape index (κ2) is 4.42. The standard InChI is InChI=1S/C14H11F2N3/c1-9-11-5-3-7-17-14(11)19(18-9)8-10-4-2-6-12(15)13(10)16/h2-7H,8H2,1H3. The Kier molecular flexibility index (Phi) is 2.74. The molecule has 0 N–H and O–H groups in total. The largest absolute Gasteiger partial charge is 0.242 e. The van der Waals surface area contributed by atoms with Gasteiger partial charge in [-0.15, -0.1) is 0 Å². The van der Waals surface area contributed by atoms with Crippen LogP contribution in [0.4, 0.5) is 8.78 Å². The molecule has 19 heavy (non-hydrogen) atoms. The molecular weight excluding hydrogens is 248 g/mol. The monoisotopic (exact) mass is 259 g/mol. The van der Waals surface area contributed by atoms with E-state index in [1.807, 2.05) is 19.1 Å². The van der Waals surface area contributed by atoms with Crippen molar-refractivity contribution in [1.82, 2.24) is 14.8 Å². The fourth-order valence-electron chi connectivity index (χ4n) is 2.11. The SMILES string of the molecule is Cc1nn(Cc2cccc(F)c2F)c2ncccc12. The number of pyridine rings is 1. The molecule has 0 aliphatic heterocycles. The van der Waals surface area contributed by atoms with Crippen molar-refractivity contribution in [2.75, 3.05) is 0 Å². The number of hydrogen-bond donors (Lipinski definition) is 0. The predicted octanol–water partition coefficient (Wildman–Crippen LogP) is 3.07. The van der Waals surface area contributed by atoms with Gasteiger partial charge in [-0.05, 0) is 25.1 Å². The van der Waals surface area contributed by atoms with Crippen LogP contribution in [0, 0.1) is 18.6 Å². The first-order valence-corrected chi connectivity index (χ1v) is 5.88. The van der Waals surface area contributed by atoms with Gasteiger partial charge in [0.15, 0.2) is 17.3 Å². The van der Waals surface area contributed by atoms with E-state index in [1.54, 1.807) is 16.9 Å². The van der Waals surface area contributed by atoms with Crippen LogP contribution in [0.25, 0.3) is 11.0 Å². The summed E-state index contributed by atoms with van der Waals surface area (Å²) in [6, 6.07) is 7.86. The van der Waals surface area contributed by atoms with Gasteiger partial charge >= 0.3 is 0 Å². The van der Waals surface area contributed by atoms with Crippen LogP contribution >= 0.6 is 0 Å². The first-order valence-electron chi connectivity index (χ1n) is 5.88. The molecule has 0 radical (unpaired) electrons. The minimum absolute atomic E-state index is 0.158. The van der Waals surface area contributed by atoms with Crippen LogP contribution in [-0.2, 0) is 6.54 Å². The maximum Gasteiger partial charge on any atom is 0.163 e. The van der Waals surface area contributed by atoms with Crippen molar-refractivity contribution in [2.24, 2.45) is 0 Å². The van der Waals surface area contributed by atoms with Crippen molar-refractivity contribution < 1.29 is 8.78 Å². The Balaban J connectivity index is 2.09. The molecule has 0 aliphatic carbocycles. The van der Waals surface area contributed by atoms with Gasteiger partial charge in [0.1, 0.15) is 0 Å². The lowest BCUT2D eigenvalue weighted by Crippen LogP contribution is -2.05. The van der Waals surface area contributed by atoms with Crippen LogP contribution in [0.2, 0.25) is 0 Å². The summed E-state index contributed by atoms with van der Waals surface area (Å²) in [5.74, 6) is -1.68. The van der Waals surface area contributed by atoms with E-state index in [0.717, 1.165) is 17.1 Å². The number of nitrogens with zero attached hydrogens (tertiary/aromatic N) is 3. The van der Waals surface area contributed by atoms with Crippen molar-refractivity contribution in [3.8, 4) is 0 Å². The highest BCUT2D eigenvalue weighted by Gasteiger charge is 2.12. The van der Waals surface area contributed by atoms with Crippen molar-refractivity contribution in [1.29, 1.82) is 0 Å². The summed E-state index contributed by atoms with van der Waals surface area (Å²) in [5.41, 5.74) is 1.75. The third kappa shape index (κ3) is 1.97. The molecule has 0 fully saturated rings. The van der Waals surface area contributed by atoms with Gasteiger partial charge in [-0.1, -0.05) is 12.1 Å². The van der Waals surface area contributed by atoms with E-state index in [-0.39, 0.29) is 12.1 Å². The molecule has 0 bridgehead atoms. The Morgan fingerprint density at radius 3 is 2.84 bits per heavy atom. The Bertz CT molecular complexity index is 750. The molecule has 0 atom stereocenters. The molecule has 0 spiro atoms. The molecule has 0 saturated heterocycles. The van der Waals surface area contributed by atoms with Gasteiger partial charge in [-0.25, -0.2) is 18.4 Å². The average Bonchev–Trinajstić information content (AvgIpc) is 2.73.